The van der Waals surface area contributed by atoms with Crippen LogP contribution in [0, 0.1) is 0 Å². The molecule has 1 fully saturated rings. The van der Waals surface area contributed by atoms with E-state index in [4.69, 9.17) is 10.5 Å². The fourth-order valence-corrected chi connectivity index (χ4v) is 4.42. The molecule has 0 saturated carbocycles. The quantitative estimate of drug-likeness (QED) is 0.805. The normalized spacial score (nSPS) is 18.8. The van der Waals surface area contributed by atoms with Gasteiger partial charge in [0.15, 0.2) is 0 Å². The zero-order chi connectivity index (χ0) is 17.9. The van der Waals surface area contributed by atoms with Gasteiger partial charge in [0, 0.05) is 19.5 Å². The number of ether oxygens (including phenoxy) is 1. The largest absolute Gasteiger partial charge is 0.495 e. The van der Waals surface area contributed by atoms with E-state index in [1.165, 1.54) is 32.2 Å². The number of hydrogen-bond acceptors (Lipinski definition) is 5. The van der Waals surface area contributed by atoms with Gasteiger partial charge in [-0.1, -0.05) is 6.42 Å². The molecule has 1 heterocycles. The second-order valence-electron chi connectivity index (χ2n) is 5.57. The molecular weight excluding hydrogens is 334 g/mol. The first-order chi connectivity index (χ1) is 11.3. The monoisotopic (exact) mass is 355 g/mol. The average molecular weight is 355 g/mol. The number of nitrogens with one attached hydrogen (secondary N) is 1. The molecule has 1 aromatic carbocycles. The Labute approximate surface area is 141 Å². The molecule has 132 valence electrons. The number of hydrogen-bond donors (Lipinski definition) is 2. The van der Waals surface area contributed by atoms with E-state index in [-0.39, 0.29) is 23.1 Å². The standard InChI is InChI=1S/C15H21N3O5S/c1-10(19)17-12-7-6-11(9-14(12)23-2)24(21,22)18-8-4-3-5-13(18)15(16)20/h6-7,9,13H,3-5,8H2,1-2H3,(H2,16,20)(H,17,19)/t13-/m0/s1. The number of nitrogens with two attached hydrogens (primary N) is 1. The molecule has 0 bridgehead atoms. The lowest BCUT2D eigenvalue weighted by Gasteiger charge is -2.32. The Morgan fingerprint density at radius 3 is 2.62 bits per heavy atom. The topological polar surface area (TPSA) is 119 Å². The highest BCUT2D eigenvalue weighted by Gasteiger charge is 2.36. The summed E-state index contributed by atoms with van der Waals surface area (Å²) in [5.74, 6) is -0.729. The highest BCUT2D eigenvalue weighted by Crippen LogP contribution is 2.31. The van der Waals surface area contributed by atoms with Crippen LogP contribution in [-0.2, 0) is 19.6 Å². The van der Waals surface area contributed by atoms with Gasteiger partial charge >= 0.3 is 0 Å². The summed E-state index contributed by atoms with van der Waals surface area (Å²) in [6.45, 7) is 1.58. The Hall–Kier alpha value is -2.13. The first-order valence-corrected chi connectivity index (χ1v) is 8.98. The molecule has 24 heavy (non-hydrogen) atoms. The Bertz CT molecular complexity index is 747. The highest BCUT2D eigenvalue weighted by molar-refractivity contribution is 7.89. The van der Waals surface area contributed by atoms with Crippen LogP contribution in [0.15, 0.2) is 23.1 Å². The van der Waals surface area contributed by atoms with Crippen molar-refractivity contribution in [2.75, 3.05) is 19.0 Å². The van der Waals surface area contributed by atoms with Crippen LogP contribution in [0.5, 0.6) is 5.75 Å². The van der Waals surface area contributed by atoms with E-state index in [0.717, 1.165) is 10.7 Å². The van der Waals surface area contributed by atoms with E-state index in [9.17, 15) is 18.0 Å². The minimum atomic E-state index is -3.89. The van der Waals surface area contributed by atoms with E-state index in [0.29, 0.717) is 18.5 Å². The lowest BCUT2D eigenvalue weighted by molar-refractivity contribution is -0.122. The molecule has 0 unspecified atom stereocenters. The van der Waals surface area contributed by atoms with Gasteiger partial charge in [-0.25, -0.2) is 8.42 Å². The SMILES string of the molecule is COc1cc(S(=O)(=O)N2CCCC[C@H]2C(N)=O)ccc1NC(C)=O. The van der Waals surface area contributed by atoms with Crippen LogP contribution in [0.4, 0.5) is 5.69 Å². The summed E-state index contributed by atoms with van der Waals surface area (Å²) in [6.07, 6.45) is 1.84. The zero-order valence-corrected chi connectivity index (χ0v) is 14.4. The van der Waals surface area contributed by atoms with Crippen molar-refractivity contribution < 1.29 is 22.7 Å². The minimum absolute atomic E-state index is 0.0124. The molecule has 1 saturated heterocycles. The molecule has 0 spiro atoms. The molecule has 8 nitrogen and oxygen atoms in total. The summed E-state index contributed by atoms with van der Waals surface area (Å²) in [5.41, 5.74) is 5.72. The van der Waals surface area contributed by atoms with Crippen LogP contribution in [0.25, 0.3) is 0 Å². The molecule has 0 aliphatic carbocycles. The number of carbonyl (C=O) groups excluding carboxylic acids is 2. The van der Waals surface area contributed by atoms with E-state index >= 15 is 0 Å². The third-order valence-electron chi connectivity index (χ3n) is 3.87. The Morgan fingerprint density at radius 2 is 2.04 bits per heavy atom. The van der Waals surface area contributed by atoms with Gasteiger partial charge in [0.2, 0.25) is 21.8 Å². The third kappa shape index (κ3) is 3.68. The molecule has 2 amide bonds. The summed E-state index contributed by atoms with van der Waals surface area (Å²) < 4.78 is 32.1. The number of primary amides is 1. The molecule has 0 radical (unpaired) electrons. The van der Waals surface area contributed by atoms with Crippen molar-refractivity contribution in [2.24, 2.45) is 5.73 Å². The predicted molar refractivity (Wildman–Crippen MR) is 88.0 cm³/mol. The van der Waals surface area contributed by atoms with Gasteiger partial charge in [-0.15, -0.1) is 0 Å². The van der Waals surface area contributed by atoms with Crippen molar-refractivity contribution in [3.05, 3.63) is 18.2 Å². The second kappa shape index (κ2) is 7.18. The first kappa shape index (κ1) is 18.2. The number of piperidine rings is 1. The van der Waals surface area contributed by atoms with Crippen LogP contribution < -0.4 is 15.8 Å². The van der Waals surface area contributed by atoms with Crippen molar-refractivity contribution in [1.29, 1.82) is 0 Å². The first-order valence-electron chi connectivity index (χ1n) is 7.54. The molecule has 1 aliphatic heterocycles. The van der Waals surface area contributed by atoms with Crippen molar-refractivity contribution in [2.45, 2.75) is 37.1 Å². The number of carbonyl (C=O) groups is 2. The molecule has 0 aromatic heterocycles. The Balaban J connectivity index is 2.41. The molecule has 2 rings (SSSR count). The fraction of sp³-hybridized carbons (Fsp3) is 0.467. The minimum Gasteiger partial charge on any atom is -0.495 e. The summed E-state index contributed by atoms with van der Waals surface area (Å²) in [7, 11) is -2.52. The Morgan fingerprint density at radius 1 is 1.33 bits per heavy atom. The van der Waals surface area contributed by atoms with Gasteiger partial charge in [0.1, 0.15) is 11.8 Å². The molecule has 9 heteroatoms. The molecule has 1 aromatic rings. The number of sulfonamides is 1. The smallest absolute Gasteiger partial charge is 0.243 e. The van der Waals surface area contributed by atoms with Crippen molar-refractivity contribution in [1.82, 2.24) is 4.31 Å². The third-order valence-corrected chi connectivity index (χ3v) is 5.78. The lowest BCUT2D eigenvalue weighted by atomic mass is 10.0. The van der Waals surface area contributed by atoms with Gasteiger partial charge in [-0.3, -0.25) is 9.59 Å². The summed E-state index contributed by atoms with van der Waals surface area (Å²) in [6, 6.07) is 3.31. The predicted octanol–water partition coefficient (Wildman–Crippen LogP) is 0.682. The number of amides is 2. The maximum absolute atomic E-state index is 12.9. The summed E-state index contributed by atoms with van der Waals surface area (Å²) in [4.78, 5) is 22.8. The van der Waals surface area contributed by atoms with E-state index in [1.54, 1.807) is 0 Å². The number of anilines is 1. The van der Waals surface area contributed by atoms with Crippen LogP contribution in [0.1, 0.15) is 26.2 Å². The van der Waals surface area contributed by atoms with E-state index in [2.05, 4.69) is 5.32 Å². The molecule has 1 aliphatic rings. The maximum atomic E-state index is 12.9. The average Bonchev–Trinajstić information content (AvgIpc) is 2.54. The fourth-order valence-electron chi connectivity index (χ4n) is 2.74. The summed E-state index contributed by atoms with van der Waals surface area (Å²) in [5, 5.41) is 2.56. The molecule has 3 N–H and O–H groups in total. The van der Waals surface area contributed by atoms with Gasteiger partial charge in [-0.2, -0.15) is 4.31 Å². The lowest BCUT2D eigenvalue weighted by Crippen LogP contribution is -2.50. The van der Waals surface area contributed by atoms with Crippen molar-refractivity contribution in [3.63, 3.8) is 0 Å². The van der Waals surface area contributed by atoms with Crippen LogP contribution in [0.2, 0.25) is 0 Å². The van der Waals surface area contributed by atoms with Crippen LogP contribution >= 0.6 is 0 Å². The number of rotatable bonds is 5. The molecule has 1 atom stereocenters. The number of benzene rings is 1. The van der Waals surface area contributed by atoms with Gasteiger partial charge in [0.05, 0.1) is 17.7 Å². The number of methoxy groups -OCH3 is 1. The van der Waals surface area contributed by atoms with E-state index < -0.39 is 22.0 Å². The maximum Gasteiger partial charge on any atom is 0.243 e. The van der Waals surface area contributed by atoms with Crippen LogP contribution in [0.3, 0.4) is 0 Å². The number of nitrogens with zero attached hydrogens (tertiary/aromatic N) is 1. The van der Waals surface area contributed by atoms with Crippen molar-refractivity contribution >= 4 is 27.5 Å². The highest BCUT2D eigenvalue weighted by atomic mass is 32.2. The van der Waals surface area contributed by atoms with E-state index in [1.807, 2.05) is 0 Å². The second-order valence-corrected chi connectivity index (χ2v) is 7.46. The zero-order valence-electron chi connectivity index (χ0n) is 13.6. The Kier molecular flexibility index (Phi) is 5.45. The van der Waals surface area contributed by atoms with Crippen LogP contribution in [-0.4, -0.2) is 44.2 Å². The van der Waals surface area contributed by atoms with Crippen molar-refractivity contribution in [3.8, 4) is 5.75 Å². The van der Waals surface area contributed by atoms with Gasteiger partial charge in [0.25, 0.3) is 0 Å². The van der Waals surface area contributed by atoms with Gasteiger partial charge in [-0.05, 0) is 25.0 Å². The van der Waals surface area contributed by atoms with Gasteiger partial charge < -0.3 is 15.8 Å². The molecular formula is C15H21N3O5S. The summed E-state index contributed by atoms with van der Waals surface area (Å²) >= 11 is 0.